The van der Waals surface area contributed by atoms with E-state index in [2.05, 4.69) is 56.1 Å². The van der Waals surface area contributed by atoms with Crippen molar-refractivity contribution in [1.82, 2.24) is 0 Å². The summed E-state index contributed by atoms with van der Waals surface area (Å²) in [5.74, 6) is 1.81. The van der Waals surface area contributed by atoms with Gasteiger partial charge in [-0.1, -0.05) is 44.0 Å². The highest BCUT2D eigenvalue weighted by molar-refractivity contribution is 9.10. The van der Waals surface area contributed by atoms with Crippen molar-refractivity contribution < 1.29 is 4.74 Å². The number of rotatable bonds is 3. The van der Waals surface area contributed by atoms with Crippen LogP contribution in [-0.2, 0) is 18.2 Å². The van der Waals surface area contributed by atoms with Gasteiger partial charge in [-0.25, -0.2) is 0 Å². The Labute approximate surface area is 136 Å². The highest BCUT2D eigenvalue weighted by Crippen LogP contribution is 2.31. The van der Waals surface area contributed by atoms with Gasteiger partial charge in [0.1, 0.15) is 11.5 Å². The van der Waals surface area contributed by atoms with E-state index in [1.807, 2.05) is 12.1 Å². The van der Waals surface area contributed by atoms with Gasteiger partial charge in [0, 0.05) is 9.80 Å². The lowest BCUT2D eigenvalue weighted by Crippen LogP contribution is -2.02. The van der Waals surface area contributed by atoms with Gasteiger partial charge in [0.15, 0.2) is 0 Å². The minimum Gasteiger partial charge on any atom is -0.457 e. The molecule has 104 valence electrons. The zero-order valence-electron chi connectivity index (χ0n) is 11.2. The van der Waals surface area contributed by atoms with E-state index in [1.165, 1.54) is 42.4 Å². The molecule has 0 radical (unpaired) electrons. The SMILES string of the molecule is BrCc1ccc(Oc2ccc3c(c2)CCCC3)cc1Br. The van der Waals surface area contributed by atoms with Gasteiger partial charge in [0.25, 0.3) is 0 Å². The van der Waals surface area contributed by atoms with Crippen LogP contribution in [0.5, 0.6) is 11.5 Å². The fourth-order valence-corrected chi connectivity index (χ4v) is 3.97. The number of fused-ring (bicyclic) bond motifs is 1. The zero-order chi connectivity index (χ0) is 13.9. The Morgan fingerprint density at radius 1 is 0.900 bits per heavy atom. The van der Waals surface area contributed by atoms with Gasteiger partial charge in [-0.05, 0) is 66.6 Å². The topological polar surface area (TPSA) is 9.23 Å². The minimum absolute atomic E-state index is 0.840. The first-order valence-electron chi connectivity index (χ1n) is 6.90. The monoisotopic (exact) mass is 394 g/mol. The van der Waals surface area contributed by atoms with E-state index in [0.717, 1.165) is 21.3 Å². The van der Waals surface area contributed by atoms with Crippen LogP contribution in [0, 0.1) is 0 Å². The van der Waals surface area contributed by atoms with Crippen molar-refractivity contribution in [2.75, 3.05) is 0 Å². The fourth-order valence-electron chi connectivity index (χ4n) is 2.61. The molecule has 0 aromatic heterocycles. The van der Waals surface area contributed by atoms with Crippen LogP contribution in [-0.4, -0.2) is 0 Å². The molecule has 3 rings (SSSR count). The van der Waals surface area contributed by atoms with E-state index in [-0.39, 0.29) is 0 Å². The second-order valence-electron chi connectivity index (χ2n) is 5.13. The van der Waals surface area contributed by atoms with Gasteiger partial charge in [-0.3, -0.25) is 0 Å². The van der Waals surface area contributed by atoms with Crippen molar-refractivity contribution in [3.63, 3.8) is 0 Å². The smallest absolute Gasteiger partial charge is 0.128 e. The van der Waals surface area contributed by atoms with E-state index >= 15 is 0 Å². The number of aryl methyl sites for hydroxylation is 2. The predicted molar refractivity (Wildman–Crippen MR) is 89.9 cm³/mol. The summed E-state index contributed by atoms with van der Waals surface area (Å²) < 4.78 is 7.05. The molecule has 20 heavy (non-hydrogen) atoms. The molecule has 0 amide bonds. The van der Waals surface area contributed by atoms with Gasteiger partial charge in [-0.2, -0.15) is 0 Å². The Hall–Kier alpha value is -0.800. The maximum Gasteiger partial charge on any atom is 0.128 e. The molecule has 3 heteroatoms. The summed E-state index contributed by atoms with van der Waals surface area (Å²) in [4.78, 5) is 0. The highest BCUT2D eigenvalue weighted by Gasteiger charge is 2.10. The maximum absolute atomic E-state index is 5.98. The van der Waals surface area contributed by atoms with Crippen LogP contribution in [0.4, 0.5) is 0 Å². The lowest BCUT2D eigenvalue weighted by Gasteiger charge is -2.17. The lowest BCUT2D eigenvalue weighted by molar-refractivity contribution is 0.480. The second kappa shape index (κ2) is 6.31. The van der Waals surface area contributed by atoms with Crippen molar-refractivity contribution in [2.24, 2.45) is 0 Å². The first-order chi connectivity index (χ1) is 9.76. The van der Waals surface area contributed by atoms with E-state index in [9.17, 15) is 0 Å². The molecule has 1 aliphatic rings. The van der Waals surface area contributed by atoms with Crippen molar-refractivity contribution in [2.45, 2.75) is 31.0 Å². The van der Waals surface area contributed by atoms with Crippen LogP contribution < -0.4 is 4.74 Å². The van der Waals surface area contributed by atoms with Crippen molar-refractivity contribution in [3.05, 3.63) is 57.6 Å². The summed E-state index contributed by atoms with van der Waals surface area (Å²) in [7, 11) is 0. The number of ether oxygens (including phenoxy) is 1. The minimum atomic E-state index is 0.840. The molecule has 0 bridgehead atoms. The zero-order valence-corrected chi connectivity index (χ0v) is 14.3. The molecule has 2 aromatic carbocycles. The Kier molecular flexibility index (Phi) is 4.47. The summed E-state index contributed by atoms with van der Waals surface area (Å²) in [5.41, 5.74) is 4.16. The number of hydrogen-bond donors (Lipinski definition) is 0. The van der Waals surface area contributed by atoms with Gasteiger partial charge in [0.05, 0.1) is 0 Å². The Bertz CT molecular complexity index is 622. The van der Waals surface area contributed by atoms with E-state index < -0.39 is 0 Å². The maximum atomic E-state index is 5.98. The largest absolute Gasteiger partial charge is 0.457 e. The third kappa shape index (κ3) is 3.09. The molecular formula is C17H16Br2O. The average Bonchev–Trinajstić information content (AvgIpc) is 2.47. The van der Waals surface area contributed by atoms with Gasteiger partial charge >= 0.3 is 0 Å². The van der Waals surface area contributed by atoms with Crippen LogP contribution in [0.2, 0.25) is 0 Å². The molecule has 0 fully saturated rings. The standard InChI is InChI=1S/C17H16Br2O/c18-11-14-6-8-16(10-17(14)19)20-15-7-5-12-3-1-2-4-13(12)9-15/h5-10H,1-4,11H2. The number of benzene rings is 2. The molecule has 1 aliphatic carbocycles. The molecular weight excluding hydrogens is 380 g/mol. The quantitative estimate of drug-likeness (QED) is 0.577. The number of hydrogen-bond acceptors (Lipinski definition) is 1. The summed E-state index contributed by atoms with van der Waals surface area (Å²) in [6.07, 6.45) is 5.00. The number of alkyl halides is 1. The molecule has 0 N–H and O–H groups in total. The Balaban J connectivity index is 1.82. The number of halogens is 2. The Morgan fingerprint density at radius 3 is 2.35 bits per heavy atom. The van der Waals surface area contributed by atoms with Crippen molar-refractivity contribution >= 4 is 31.9 Å². The molecule has 0 saturated carbocycles. The molecule has 0 spiro atoms. The Morgan fingerprint density at radius 2 is 1.60 bits per heavy atom. The van der Waals surface area contributed by atoms with Crippen LogP contribution in [0.1, 0.15) is 29.5 Å². The van der Waals surface area contributed by atoms with Gasteiger partial charge < -0.3 is 4.74 Å². The molecule has 0 saturated heterocycles. The van der Waals surface area contributed by atoms with Gasteiger partial charge in [0.2, 0.25) is 0 Å². The van der Waals surface area contributed by atoms with Crippen molar-refractivity contribution in [3.8, 4) is 11.5 Å². The van der Waals surface area contributed by atoms with Crippen molar-refractivity contribution in [1.29, 1.82) is 0 Å². The lowest BCUT2D eigenvalue weighted by atomic mass is 9.92. The van der Waals surface area contributed by atoms with E-state index in [4.69, 9.17) is 4.74 Å². The highest BCUT2D eigenvalue weighted by atomic mass is 79.9. The van der Waals surface area contributed by atoms with Gasteiger partial charge in [-0.15, -0.1) is 0 Å². The second-order valence-corrected chi connectivity index (χ2v) is 6.54. The molecule has 2 aromatic rings. The summed E-state index contributed by atoms with van der Waals surface area (Å²) in [6, 6.07) is 12.6. The van der Waals surface area contributed by atoms with Crippen LogP contribution in [0.3, 0.4) is 0 Å². The van der Waals surface area contributed by atoms with Crippen LogP contribution >= 0.6 is 31.9 Å². The van der Waals surface area contributed by atoms with E-state index in [0.29, 0.717) is 0 Å². The van der Waals surface area contributed by atoms with Crippen LogP contribution in [0.25, 0.3) is 0 Å². The summed E-state index contributed by atoms with van der Waals surface area (Å²) in [6.45, 7) is 0. The molecule has 1 nitrogen and oxygen atoms in total. The molecule has 0 unspecified atom stereocenters. The van der Waals surface area contributed by atoms with E-state index in [1.54, 1.807) is 0 Å². The van der Waals surface area contributed by atoms with Crippen LogP contribution in [0.15, 0.2) is 40.9 Å². The predicted octanol–water partition coefficient (Wildman–Crippen LogP) is 6.02. The molecule has 0 aliphatic heterocycles. The molecule has 0 atom stereocenters. The summed E-state index contributed by atoms with van der Waals surface area (Å²) >= 11 is 7.04. The summed E-state index contributed by atoms with van der Waals surface area (Å²) in [5, 5.41) is 0.840. The molecule has 0 heterocycles. The first-order valence-corrected chi connectivity index (χ1v) is 8.82. The third-order valence-corrected chi connectivity index (χ3v) is 5.07. The first kappa shape index (κ1) is 14.2. The average molecular weight is 396 g/mol. The normalized spacial score (nSPS) is 13.9. The third-order valence-electron chi connectivity index (χ3n) is 3.72. The fraction of sp³-hybridized carbons (Fsp3) is 0.294.